The lowest BCUT2D eigenvalue weighted by molar-refractivity contribution is 0.115. The van der Waals surface area contributed by atoms with Crippen LogP contribution in [0.3, 0.4) is 0 Å². The van der Waals surface area contributed by atoms with Gasteiger partial charge in [0.15, 0.2) is 0 Å². The molecule has 18 heavy (non-hydrogen) atoms. The molecule has 0 radical (unpaired) electrons. The van der Waals surface area contributed by atoms with Crippen molar-refractivity contribution in [3.05, 3.63) is 23.4 Å². The van der Waals surface area contributed by atoms with E-state index in [2.05, 4.69) is 22.9 Å². The summed E-state index contributed by atoms with van der Waals surface area (Å²) < 4.78 is 5.70. The van der Waals surface area contributed by atoms with Crippen LogP contribution in [0, 0.1) is 6.92 Å². The van der Waals surface area contributed by atoms with Gasteiger partial charge >= 0.3 is 0 Å². The van der Waals surface area contributed by atoms with Crippen LogP contribution in [-0.2, 0) is 10.6 Å². The Morgan fingerprint density at radius 2 is 2.33 bits per heavy atom. The van der Waals surface area contributed by atoms with Crippen LogP contribution in [0.4, 0.5) is 5.82 Å². The molecule has 4 heteroatoms. The maximum atomic E-state index is 5.92. The average Bonchev–Trinajstić information content (AvgIpc) is 2.88. The smallest absolute Gasteiger partial charge is 0.129 e. The molecule has 1 unspecified atom stereocenters. The predicted octanol–water partition coefficient (Wildman–Crippen LogP) is 3.13. The molecule has 0 aromatic carbocycles. The van der Waals surface area contributed by atoms with Crippen molar-refractivity contribution in [3.63, 3.8) is 0 Å². The van der Waals surface area contributed by atoms with E-state index in [1.54, 1.807) is 0 Å². The Kier molecular flexibility index (Phi) is 4.84. The second-order valence-corrected chi connectivity index (χ2v) is 5.05. The first-order chi connectivity index (χ1) is 8.72. The van der Waals surface area contributed by atoms with E-state index in [-0.39, 0.29) is 0 Å². The summed E-state index contributed by atoms with van der Waals surface area (Å²) in [7, 11) is 0. The molecule has 100 valence electrons. The summed E-state index contributed by atoms with van der Waals surface area (Å²) in [6.45, 7) is 6.93. The van der Waals surface area contributed by atoms with Crippen molar-refractivity contribution < 1.29 is 4.74 Å². The van der Waals surface area contributed by atoms with Crippen LogP contribution in [0.25, 0.3) is 0 Å². The molecule has 1 saturated heterocycles. The summed E-state index contributed by atoms with van der Waals surface area (Å²) in [5.41, 5.74) is 2.15. The lowest BCUT2D eigenvalue weighted by Gasteiger charge is -2.25. The van der Waals surface area contributed by atoms with Crippen LogP contribution in [0.5, 0.6) is 0 Å². The molecule has 1 fully saturated rings. The zero-order valence-corrected chi connectivity index (χ0v) is 11.9. The van der Waals surface area contributed by atoms with Gasteiger partial charge in [0.25, 0.3) is 0 Å². The number of hydrogen-bond donors (Lipinski definition) is 0. The number of halogens is 1. The minimum atomic E-state index is 0.353. The molecule has 0 saturated carbocycles. The zero-order valence-electron chi connectivity index (χ0n) is 11.2. The molecule has 0 amide bonds. The predicted molar refractivity (Wildman–Crippen MR) is 75.4 cm³/mol. The molecular formula is C14H21ClN2O. The number of aromatic nitrogens is 1. The Morgan fingerprint density at radius 3 is 2.94 bits per heavy atom. The van der Waals surface area contributed by atoms with Gasteiger partial charge in [-0.15, -0.1) is 11.6 Å². The van der Waals surface area contributed by atoms with Gasteiger partial charge in [0, 0.05) is 31.3 Å². The number of anilines is 1. The van der Waals surface area contributed by atoms with Crippen LogP contribution >= 0.6 is 11.6 Å². The summed E-state index contributed by atoms with van der Waals surface area (Å²) in [4.78, 5) is 6.88. The van der Waals surface area contributed by atoms with Crippen LogP contribution in [0.2, 0.25) is 0 Å². The SMILES string of the molecule is CCN(CC1CCCO1)c1cc(CCl)cc(C)n1. The van der Waals surface area contributed by atoms with E-state index in [1.807, 2.05) is 13.0 Å². The minimum absolute atomic E-state index is 0.353. The van der Waals surface area contributed by atoms with Crippen molar-refractivity contribution in [1.82, 2.24) is 4.98 Å². The molecular weight excluding hydrogens is 248 g/mol. The summed E-state index contributed by atoms with van der Waals surface area (Å²) in [5, 5.41) is 0. The summed E-state index contributed by atoms with van der Waals surface area (Å²) in [6, 6.07) is 4.12. The molecule has 1 aliphatic heterocycles. The molecule has 2 heterocycles. The van der Waals surface area contributed by atoms with Crippen LogP contribution in [-0.4, -0.2) is 30.8 Å². The number of alkyl halides is 1. The molecule has 0 aliphatic carbocycles. The van der Waals surface area contributed by atoms with Crippen molar-refractivity contribution in [2.75, 3.05) is 24.6 Å². The van der Waals surface area contributed by atoms with E-state index in [0.717, 1.165) is 43.2 Å². The molecule has 0 N–H and O–H groups in total. The van der Waals surface area contributed by atoms with E-state index < -0.39 is 0 Å². The largest absolute Gasteiger partial charge is 0.376 e. The molecule has 0 spiro atoms. The first-order valence-electron chi connectivity index (χ1n) is 6.63. The molecule has 1 atom stereocenters. The fraction of sp³-hybridized carbons (Fsp3) is 0.643. The highest BCUT2D eigenvalue weighted by atomic mass is 35.5. The van der Waals surface area contributed by atoms with Crippen molar-refractivity contribution in [2.24, 2.45) is 0 Å². The molecule has 1 aromatic rings. The normalized spacial score (nSPS) is 19.2. The Balaban J connectivity index is 2.12. The minimum Gasteiger partial charge on any atom is -0.376 e. The van der Waals surface area contributed by atoms with Gasteiger partial charge < -0.3 is 9.64 Å². The van der Waals surface area contributed by atoms with Crippen molar-refractivity contribution in [2.45, 2.75) is 38.7 Å². The highest BCUT2D eigenvalue weighted by Gasteiger charge is 2.19. The maximum Gasteiger partial charge on any atom is 0.129 e. The van der Waals surface area contributed by atoms with Crippen molar-refractivity contribution >= 4 is 17.4 Å². The van der Waals surface area contributed by atoms with Gasteiger partial charge in [-0.25, -0.2) is 4.98 Å². The summed E-state index contributed by atoms with van der Waals surface area (Å²) in [5.74, 6) is 1.55. The molecule has 3 nitrogen and oxygen atoms in total. The first-order valence-corrected chi connectivity index (χ1v) is 7.16. The van der Waals surface area contributed by atoms with Gasteiger partial charge in [-0.1, -0.05) is 0 Å². The number of likely N-dealkylation sites (N-methyl/N-ethyl adjacent to an activating group) is 1. The van der Waals surface area contributed by atoms with Gasteiger partial charge in [0.1, 0.15) is 5.82 Å². The second-order valence-electron chi connectivity index (χ2n) is 4.78. The molecule has 0 bridgehead atoms. The zero-order chi connectivity index (χ0) is 13.0. The third kappa shape index (κ3) is 3.36. The molecule has 2 rings (SSSR count). The lowest BCUT2D eigenvalue weighted by atomic mass is 10.2. The summed E-state index contributed by atoms with van der Waals surface area (Å²) >= 11 is 5.92. The number of hydrogen-bond acceptors (Lipinski definition) is 3. The number of rotatable bonds is 5. The van der Waals surface area contributed by atoms with E-state index in [1.165, 1.54) is 6.42 Å². The first kappa shape index (κ1) is 13.6. The quantitative estimate of drug-likeness (QED) is 0.767. The second kappa shape index (κ2) is 6.39. The van der Waals surface area contributed by atoms with E-state index in [0.29, 0.717) is 12.0 Å². The van der Waals surface area contributed by atoms with Gasteiger partial charge in [0.2, 0.25) is 0 Å². The van der Waals surface area contributed by atoms with Gasteiger partial charge in [0.05, 0.1) is 6.10 Å². The summed E-state index contributed by atoms with van der Waals surface area (Å²) in [6.07, 6.45) is 2.69. The Labute approximate surface area is 114 Å². The maximum absolute atomic E-state index is 5.92. The van der Waals surface area contributed by atoms with Crippen LogP contribution < -0.4 is 4.90 Å². The van der Waals surface area contributed by atoms with Crippen LogP contribution in [0.1, 0.15) is 31.0 Å². The molecule has 1 aromatic heterocycles. The fourth-order valence-corrected chi connectivity index (χ4v) is 2.53. The lowest BCUT2D eigenvalue weighted by Crippen LogP contribution is -2.32. The number of aryl methyl sites for hydroxylation is 1. The Hall–Kier alpha value is -0.800. The average molecular weight is 269 g/mol. The van der Waals surface area contributed by atoms with Gasteiger partial charge in [-0.2, -0.15) is 0 Å². The van der Waals surface area contributed by atoms with E-state index >= 15 is 0 Å². The van der Waals surface area contributed by atoms with Crippen LogP contribution in [0.15, 0.2) is 12.1 Å². The number of pyridine rings is 1. The topological polar surface area (TPSA) is 25.4 Å². The van der Waals surface area contributed by atoms with Crippen molar-refractivity contribution in [3.8, 4) is 0 Å². The third-order valence-corrected chi connectivity index (χ3v) is 3.62. The third-order valence-electron chi connectivity index (χ3n) is 3.31. The van der Waals surface area contributed by atoms with Gasteiger partial charge in [-0.3, -0.25) is 0 Å². The monoisotopic (exact) mass is 268 g/mol. The Morgan fingerprint density at radius 1 is 1.50 bits per heavy atom. The number of nitrogens with zero attached hydrogens (tertiary/aromatic N) is 2. The van der Waals surface area contributed by atoms with Crippen molar-refractivity contribution in [1.29, 1.82) is 0 Å². The van der Waals surface area contributed by atoms with Gasteiger partial charge in [-0.05, 0) is 44.4 Å². The molecule has 1 aliphatic rings. The highest BCUT2D eigenvalue weighted by molar-refractivity contribution is 6.17. The highest BCUT2D eigenvalue weighted by Crippen LogP contribution is 2.20. The van der Waals surface area contributed by atoms with E-state index in [4.69, 9.17) is 16.3 Å². The number of ether oxygens (including phenoxy) is 1. The van der Waals surface area contributed by atoms with E-state index in [9.17, 15) is 0 Å². The fourth-order valence-electron chi connectivity index (χ4n) is 2.38. The Bertz CT molecular complexity index is 391. The standard InChI is InChI=1S/C14H21ClN2O/c1-3-17(10-13-5-4-6-18-13)14-8-12(9-15)7-11(2)16-14/h7-8,13H,3-6,9-10H2,1-2H3.